The highest BCUT2D eigenvalue weighted by Crippen LogP contribution is 2.32. The summed E-state index contributed by atoms with van der Waals surface area (Å²) < 4.78 is 11.5. The second kappa shape index (κ2) is 12.0. The lowest BCUT2D eigenvalue weighted by atomic mass is 9.82. The highest BCUT2D eigenvalue weighted by molar-refractivity contribution is 5.79. The first-order valence-electron chi connectivity index (χ1n) is 12.1. The molecule has 0 spiro atoms. The zero-order chi connectivity index (χ0) is 22.0. The molecule has 2 aromatic rings. The summed E-state index contributed by atoms with van der Waals surface area (Å²) in [4.78, 5) is 4.45. The van der Waals surface area contributed by atoms with Gasteiger partial charge in [-0.25, -0.2) is 0 Å². The van der Waals surface area contributed by atoms with Gasteiger partial charge in [0.15, 0.2) is 5.96 Å². The predicted octanol–water partition coefficient (Wildman–Crippen LogP) is 4.77. The monoisotopic (exact) mass is 435 g/mol. The van der Waals surface area contributed by atoms with Gasteiger partial charge in [0.2, 0.25) is 0 Å². The van der Waals surface area contributed by atoms with Crippen LogP contribution in [0.2, 0.25) is 0 Å². The molecule has 1 saturated heterocycles. The number of guanidine groups is 1. The van der Waals surface area contributed by atoms with Crippen LogP contribution in [0.4, 0.5) is 0 Å². The fourth-order valence-corrected chi connectivity index (χ4v) is 4.76. The summed E-state index contributed by atoms with van der Waals surface area (Å²) in [6.45, 7) is 3.05. The minimum atomic E-state index is 0.325. The maximum absolute atomic E-state index is 6.08. The number of aliphatic imine (C=N–C) groups is 1. The molecule has 0 aromatic heterocycles. The van der Waals surface area contributed by atoms with Gasteiger partial charge in [0.25, 0.3) is 0 Å². The van der Waals surface area contributed by atoms with E-state index in [2.05, 4.69) is 70.2 Å². The van der Waals surface area contributed by atoms with Crippen molar-refractivity contribution in [1.82, 2.24) is 10.6 Å². The van der Waals surface area contributed by atoms with E-state index in [9.17, 15) is 0 Å². The minimum absolute atomic E-state index is 0.325. The molecule has 2 N–H and O–H groups in total. The second-order valence-corrected chi connectivity index (χ2v) is 8.97. The fourth-order valence-electron chi connectivity index (χ4n) is 4.76. The molecule has 2 aliphatic rings. The van der Waals surface area contributed by atoms with Crippen molar-refractivity contribution < 1.29 is 9.47 Å². The van der Waals surface area contributed by atoms with Gasteiger partial charge in [-0.05, 0) is 61.1 Å². The van der Waals surface area contributed by atoms with Gasteiger partial charge in [0.1, 0.15) is 0 Å². The summed E-state index contributed by atoms with van der Waals surface area (Å²) in [5.41, 5.74) is 3.95. The molecule has 0 bridgehead atoms. The van der Waals surface area contributed by atoms with E-state index in [1.54, 1.807) is 0 Å². The molecule has 0 radical (unpaired) electrons. The molecule has 1 aliphatic carbocycles. The molecule has 5 heteroatoms. The lowest BCUT2D eigenvalue weighted by molar-refractivity contribution is -0.0390. The molecule has 0 amide bonds. The number of hydrogen-bond acceptors (Lipinski definition) is 3. The SMILES string of the molecule is CN=C(NCc1cccc(COC2CCOCC2)c1)NC1CCC(c2ccccc2)CC1. The first-order chi connectivity index (χ1) is 15.8. The maximum atomic E-state index is 6.08. The van der Waals surface area contributed by atoms with Crippen LogP contribution in [-0.2, 0) is 22.6 Å². The summed E-state index contributed by atoms with van der Waals surface area (Å²) in [5.74, 6) is 1.58. The van der Waals surface area contributed by atoms with Crippen LogP contribution >= 0.6 is 0 Å². The predicted molar refractivity (Wildman–Crippen MR) is 130 cm³/mol. The Morgan fingerprint density at radius 3 is 2.44 bits per heavy atom. The van der Waals surface area contributed by atoms with Crippen molar-refractivity contribution in [3.63, 3.8) is 0 Å². The summed E-state index contributed by atoms with van der Waals surface area (Å²) in [6.07, 6.45) is 7.14. The molecule has 5 nitrogen and oxygen atoms in total. The molecule has 1 aliphatic heterocycles. The quantitative estimate of drug-likeness (QED) is 0.486. The number of hydrogen-bond donors (Lipinski definition) is 2. The number of ether oxygens (including phenoxy) is 2. The Morgan fingerprint density at radius 1 is 0.938 bits per heavy atom. The highest BCUT2D eigenvalue weighted by atomic mass is 16.5. The van der Waals surface area contributed by atoms with Gasteiger partial charge in [-0.1, -0.05) is 54.6 Å². The fraction of sp³-hybridized carbons (Fsp3) is 0.519. The van der Waals surface area contributed by atoms with Crippen molar-refractivity contribution in [2.24, 2.45) is 4.99 Å². The molecule has 32 heavy (non-hydrogen) atoms. The van der Waals surface area contributed by atoms with Gasteiger partial charge in [-0.2, -0.15) is 0 Å². The lowest BCUT2D eigenvalue weighted by Crippen LogP contribution is -2.44. The summed E-state index contributed by atoms with van der Waals surface area (Å²) >= 11 is 0. The summed E-state index contributed by atoms with van der Waals surface area (Å²) in [5, 5.41) is 7.12. The van der Waals surface area contributed by atoms with Crippen LogP contribution in [-0.4, -0.2) is 38.4 Å². The standard InChI is InChI=1S/C27H37N3O2/c1-28-27(30-25-12-10-24(11-13-25)23-8-3-2-4-9-23)29-19-21-6-5-7-22(18-21)20-32-26-14-16-31-17-15-26/h2-9,18,24-26H,10-17,19-20H2,1H3,(H2,28,29,30). The molecule has 1 saturated carbocycles. The minimum Gasteiger partial charge on any atom is -0.381 e. The largest absolute Gasteiger partial charge is 0.381 e. The Labute approximate surface area is 192 Å². The third-order valence-corrected chi connectivity index (χ3v) is 6.67. The topological polar surface area (TPSA) is 54.9 Å². The van der Waals surface area contributed by atoms with Crippen molar-refractivity contribution >= 4 is 5.96 Å². The number of benzene rings is 2. The Kier molecular flexibility index (Phi) is 8.57. The van der Waals surface area contributed by atoms with Crippen LogP contribution in [0.25, 0.3) is 0 Å². The van der Waals surface area contributed by atoms with Gasteiger partial charge in [-0.15, -0.1) is 0 Å². The van der Waals surface area contributed by atoms with E-state index in [4.69, 9.17) is 9.47 Å². The van der Waals surface area contributed by atoms with Gasteiger partial charge >= 0.3 is 0 Å². The zero-order valence-electron chi connectivity index (χ0n) is 19.3. The average Bonchev–Trinajstić information content (AvgIpc) is 2.87. The average molecular weight is 436 g/mol. The van der Waals surface area contributed by atoms with Gasteiger partial charge in [-0.3, -0.25) is 4.99 Å². The molecule has 2 fully saturated rings. The van der Waals surface area contributed by atoms with Gasteiger partial charge in [0.05, 0.1) is 12.7 Å². The molecular weight excluding hydrogens is 398 g/mol. The van der Waals surface area contributed by atoms with E-state index in [-0.39, 0.29) is 0 Å². The third kappa shape index (κ3) is 6.81. The molecular formula is C27H37N3O2. The molecule has 172 valence electrons. The van der Waals surface area contributed by atoms with Crippen LogP contribution in [0.3, 0.4) is 0 Å². The van der Waals surface area contributed by atoms with E-state index >= 15 is 0 Å². The van der Waals surface area contributed by atoms with Crippen molar-refractivity contribution in [1.29, 1.82) is 0 Å². The molecule has 1 heterocycles. The number of nitrogens with one attached hydrogen (secondary N) is 2. The highest BCUT2D eigenvalue weighted by Gasteiger charge is 2.22. The van der Waals surface area contributed by atoms with Crippen LogP contribution in [0.15, 0.2) is 59.6 Å². The van der Waals surface area contributed by atoms with E-state index in [1.165, 1.54) is 42.4 Å². The first-order valence-corrected chi connectivity index (χ1v) is 12.1. The maximum Gasteiger partial charge on any atom is 0.191 e. The van der Waals surface area contributed by atoms with Crippen LogP contribution in [0, 0.1) is 0 Å². The number of nitrogens with zero attached hydrogens (tertiary/aromatic N) is 1. The Hall–Kier alpha value is -2.37. The van der Waals surface area contributed by atoms with Crippen LogP contribution in [0.5, 0.6) is 0 Å². The van der Waals surface area contributed by atoms with Gasteiger partial charge in [0, 0.05) is 32.8 Å². The Balaban J connectivity index is 1.21. The van der Waals surface area contributed by atoms with E-state index in [0.717, 1.165) is 38.6 Å². The summed E-state index contributed by atoms with van der Waals surface area (Å²) in [7, 11) is 1.85. The van der Waals surface area contributed by atoms with E-state index in [1.807, 2.05) is 7.05 Å². The van der Waals surface area contributed by atoms with Crippen molar-refractivity contribution in [2.45, 2.75) is 69.7 Å². The normalized spacial score (nSPS) is 22.5. The van der Waals surface area contributed by atoms with E-state index in [0.29, 0.717) is 24.7 Å². The smallest absolute Gasteiger partial charge is 0.191 e. The van der Waals surface area contributed by atoms with E-state index < -0.39 is 0 Å². The first kappa shape index (κ1) is 22.8. The zero-order valence-corrected chi connectivity index (χ0v) is 19.3. The Bertz CT molecular complexity index is 841. The molecule has 4 rings (SSSR count). The van der Waals surface area contributed by atoms with Gasteiger partial charge < -0.3 is 20.1 Å². The molecule has 0 atom stereocenters. The third-order valence-electron chi connectivity index (χ3n) is 6.67. The van der Waals surface area contributed by atoms with Crippen molar-refractivity contribution in [3.05, 3.63) is 71.3 Å². The second-order valence-electron chi connectivity index (χ2n) is 8.97. The molecule has 0 unspecified atom stereocenters. The van der Waals surface area contributed by atoms with Crippen molar-refractivity contribution in [2.75, 3.05) is 20.3 Å². The van der Waals surface area contributed by atoms with Crippen LogP contribution < -0.4 is 10.6 Å². The lowest BCUT2D eigenvalue weighted by Gasteiger charge is -2.30. The van der Waals surface area contributed by atoms with Crippen molar-refractivity contribution in [3.8, 4) is 0 Å². The summed E-state index contributed by atoms with van der Waals surface area (Å²) in [6, 6.07) is 20.1. The molecule has 2 aromatic carbocycles. The number of rotatable bonds is 7. The van der Waals surface area contributed by atoms with Crippen LogP contribution in [0.1, 0.15) is 61.1 Å². The Morgan fingerprint density at radius 2 is 1.69 bits per heavy atom.